The van der Waals surface area contributed by atoms with Crippen molar-refractivity contribution in [2.75, 3.05) is 18.8 Å². The van der Waals surface area contributed by atoms with Crippen LogP contribution in [-0.4, -0.2) is 55.9 Å². The number of aromatic nitrogens is 3. The molecule has 1 aliphatic heterocycles. The second kappa shape index (κ2) is 7.69. The van der Waals surface area contributed by atoms with Gasteiger partial charge in [0.2, 0.25) is 11.1 Å². The number of aromatic amines is 1. The molecule has 1 fully saturated rings. The Kier molecular flexibility index (Phi) is 5.37. The molecule has 25 heavy (non-hydrogen) atoms. The Morgan fingerprint density at radius 1 is 1.32 bits per heavy atom. The summed E-state index contributed by atoms with van der Waals surface area (Å²) in [7, 11) is 0. The Hall–Kier alpha value is -2.35. The molecule has 2 N–H and O–H groups in total. The highest BCUT2D eigenvalue weighted by molar-refractivity contribution is 7.99. The Bertz CT molecular complexity index is 749. The third kappa shape index (κ3) is 4.01. The Labute approximate surface area is 149 Å². The minimum atomic E-state index is -0.863. The lowest BCUT2D eigenvalue weighted by Gasteiger charge is -2.16. The third-order valence-corrected chi connectivity index (χ3v) is 5.22. The fourth-order valence-electron chi connectivity index (χ4n) is 3.01. The largest absolute Gasteiger partial charge is 0.481 e. The number of carbonyl (C=O) groups excluding carboxylic acids is 1. The quantitative estimate of drug-likeness (QED) is 0.762. The number of H-pyrrole nitrogens is 1. The zero-order chi connectivity index (χ0) is 17.8. The summed E-state index contributed by atoms with van der Waals surface area (Å²) in [6.07, 6.45) is 0.757. The van der Waals surface area contributed by atoms with Crippen LogP contribution >= 0.6 is 11.8 Å². The van der Waals surface area contributed by atoms with Crippen molar-refractivity contribution in [3.8, 4) is 0 Å². The number of nitrogens with zero attached hydrogens (tertiary/aromatic N) is 3. The molecule has 0 bridgehead atoms. The highest BCUT2D eigenvalue weighted by atomic mass is 32.2. The Morgan fingerprint density at radius 3 is 2.72 bits per heavy atom. The summed E-state index contributed by atoms with van der Waals surface area (Å²) in [5.41, 5.74) is 0.958. The second-order valence-electron chi connectivity index (χ2n) is 5.97. The van der Waals surface area contributed by atoms with E-state index in [0.29, 0.717) is 11.7 Å². The molecule has 0 aliphatic carbocycles. The fraction of sp³-hybridized carbons (Fsp3) is 0.412. The monoisotopic (exact) mass is 360 g/mol. The standard InChI is InChI=1S/C17H20N4O3S/c1-2-14-18-17(20-19-14)25-10-15(22)21-8-12(13(9-21)16(23)24)11-6-4-3-5-7-11/h3-7,12-13H,2,8-10H2,1H3,(H,23,24)(H,18,19,20). The molecule has 132 valence electrons. The van der Waals surface area contributed by atoms with Crippen LogP contribution in [0.4, 0.5) is 0 Å². The van der Waals surface area contributed by atoms with Gasteiger partial charge < -0.3 is 10.0 Å². The normalized spacial score (nSPS) is 20.0. The smallest absolute Gasteiger partial charge is 0.308 e. The highest BCUT2D eigenvalue weighted by Gasteiger charge is 2.40. The number of rotatable bonds is 6. The van der Waals surface area contributed by atoms with Crippen LogP contribution in [0.1, 0.15) is 24.2 Å². The van der Waals surface area contributed by atoms with Crippen LogP contribution in [0, 0.1) is 5.92 Å². The van der Waals surface area contributed by atoms with Gasteiger partial charge in [-0.25, -0.2) is 4.98 Å². The van der Waals surface area contributed by atoms with Crippen molar-refractivity contribution >= 4 is 23.6 Å². The lowest BCUT2D eigenvalue weighted by Crippen LogP contribution is -2.31. The first-order chi connectivity index (χ1) is 12.1. The number of nitrogens with one attached hydrogen (secondary N) is 1. The number of carboxylic acid groups (broad SMARTS) is 1. The number of benzene rings is 1. The zero-order valence-corrected chi connectivity index (χ0v) is 14.7. The van der Waals surface area contributed by atoms with Gasteiger partial charge in [0.1, 0.15) is 5.82 Å². The van der Waals surface area contributed by atoms with Crippen molar-refractivity contribution in [3.05, 3.63) is 41.7 Å². The molecular weight excluding hydrogens is 340 g/mol. The Morgan fingerprint density at radius 2 is 2.08 bits per heavy atom. The van der Waals surface area contributed by atoms with E-state index >= 15 is 0 Å². The van der Waals surface area contributed by atoms with Gasteiger partial charge in [0.25, 0.3) is 0 Å². The number of carboxylic acids is 1. The van der Waals surface area contributed by atoms with Crippen molar-refractivity contribution < 1.29 is 14.7 Å². The van der Waals surface area contributed by atoms with Gasteiger partial charge in [0.15, 0.2) is 0 Å². The first-order valence-electron chi connectivity index (χ1n) is 8.18. The topological polar surface area (TPSA) is 99.2 Å². The van der Waals surface area contributed by atoms with Crippen molar-refractivity contribution in [3.63, 3.8) is 0 Å². The van der Waals surface area contributed by atoms with Crippen LogP contribution in [0.2, 0.25) is 0 Å². The maximum atomic E-state index is 12.5. The van der Waals surface area contributed by atoms with Crippen LogP contribution in [0.5, 0.6) is 0 Å². The van der Waals surface area contributed by atoms with Gasteiger partial charge in [-0.05, 0) is 5.56 Å². The highest BCUT2D eigenvalue weighted by Crippen LogP contribution is 2.33. The summed E-state index contributed by atoms with van der Waals surface area (Å²) in [4.78, 5) is 30.0. The molecule has 3 rings (SSSR count). The number of thioether (sulfide) groups is 1. The summed E-state index contributed by atoms with van der Waals surface area (Å²) in [5, 5.41) is 16.9. The molecule has 2 unspecified atom stereocenters. The predicted molar refractivity (Wildman–Crippen MR) is 93.4 cm³/mol. The van der Waals surface area contributed by atoms with E-state index in [-0.39, 0.29) is 24.1 Å². The van der Waals surface area contributed by atoms with Crippen molar-refractivity contribution in [2.45, 2.75) is 24.4 Å². The molecule has 0 saturated carbocycles. The first-order valence-corrected chi connectivity index (χ1v) is 9.16. The number of aryl methyl sites for hydroxylation is 1. The van der Waals surface area contributed by atoms with E-state index in [1.54, 1.807) is 4.90 Å². The number of likely N-dealkylation sites (tertiary alicyclic amines) is 1. The van der Waals surface area contributed by atoms with E-state index in [1.165, 1.54) is 11.8 Å². The summed E-state index contributed by atoms with van der Waals surface area (Å²) >= 11 is 1.27. The number of hydrogen-bond donors (Lipinski definition) is 2. The third-order valence-electron chi connectivity index (χ3n) is 4.39. The van der Waals surface area contributed by atoms with E-state index in [2.05, 4.69) is 15.2 Å². The van der Waals surface area contributed by atoms with E-state index in [1.807, 2.05) is 37.3 Å². The van der Waals surface area contributed by atoms with E-state index in [9.17, 15) is 14.7 Å². The average molecular weight is 360 g/mol. The molecule has 1 aliphatic rings. The summed E-state index contributed by atoms with van der Waals surface area (Å²) in [5.74, 6) is -0.717. The van der Waals surface area contributed by atoms with Crippen molar-refractivity contribution in [1.82, 2.24) is 20.1 Å². The lowest BCUT2D eigenvalue weighted by molar-refractivity contribution is -0.141. The number of amides is 1. The molecule has 2 aromatic rings. The van der Waals surface area contributed by atoms with Crippen molar-refractivity contribution in [2.24, 2.45) is 5.92 Å². The number of carbonyl (C=O) groups is 2. The maximum absolute atomic E-state index is 12.5. The summed E-state index contributed by atoms with van der Waals surface area (Å²) in [6, 6.07) is 9.52. The second-order valence-corrected chi connectivity index (χ2v) is 6.91. The van der Waals surface area contributed by atoms with Gasteiger partial charge in [-0.15, -0.1) is 5.10 Å². The number of hydrogen-bond acceptors (Lipinski definition) is 5. The first kappa shape index (κ1) is 17.5. The van der Waals surface area contributed by atoms with Crippen LogP contribution in [0.25, 0.3) is 0 Å². The minimum Gasteiger partial charge on any atom is -0.481 e. The summed E-state index contributed by atoms with van der Waals surface area (Å²) < 4.78 is 0. The molecule has 8 heteroatoms. The molecule has 1 aromatic carbocycles. The van der Waals surface area contributed by atoms with Crippen LogP contribution in [0.15, 0.2) is 35.5 Å². The van der Waals surface area contributed by atoms with Gasteiger partial charge in [-0.2, -0.15) is 0 Å². The van der Waals surface area contributed by atoms with Crippen LogP contribution in [-0.2, 0) is 16.0 Å². The summed E-state index contributed by atoms with van der Waals surface area (Å²) in [6.45, 7) is 2.64. The van der Waals surface area contributed by atoms with Gasteiger partial charge in [0, 0.05) is 25.4 Å². The number of aliphatic carboxylic acids is 1. The van der Waals surface area contributed by atoms with E-state index in [0.717, 1.165) is 17.8 Å². The molecule has 2 heterocycles. The average Bonchev–Trinajstić information content (AvgIpc) is 3.27. The molecule has 1 aromatic heterocycles. The van der Waals surface area contributed by atoms with Gasteiger partial charge in [0.05, 0.1) is 11.7 Å². The zero-order valence-electron chi connectivity index (χ0n) is 13.9. The van der Waals surface area contributed by atoms with E-state index < -0.39 is 11.9 Å². The fourth-order valence-corrected chi connectivity index (χ4v) is 3.73. The van der Waals surface area contributed by atoms with Crippen molar-refractivity contribution in [1.29, 1.82) is 0 Å². The molecular formula is C17H20N4O3S. The molecule has 1 amide bonds. The van der Waals surface area contributed by atoms with Crippen LogP contribution < -0.4 is 0 Å². The lowest BCUT2D eigenvalue weighted by atomic mass is 9.89. The Balaban J connectivity index is 1.64. The van der Waals surface area contributed by atoms with Gasteiger partial charge >= 0.3 is 5.97 Å². The van der Waals surface area contributed by atoms with E-state index in [4.69, 9.17) is 0 Å². The SMILES string of the molecule is CCc1nc(SCC(=O)N2CC(C(=O)O)C(c3ccccc3)C2)n[nH]1. The minimum absolute atomic E-state index is 0.0856. The van der Waals surface area contributed by atoms with Gasteiger partial charge in [-0.3, -0.25) is 14.7 Å². The molecule has 1 saturated heterocycles. The molecule has 0 spiro atoms. The van der Waals surface area contributed by atoms with Gasteiger partial charge in [-0.1, -0.05) is 49.0 Å². The molecule has 0 radical (unpaired) electrons. The predicted octanol–water partition coefficient (Wildman–Crippen LogP) is 1.79. The van der Waals surface area contributed by atoms with Crippen LogP contribution in [0.3, 0.4) is 0 Å². The molecule has 2 atom stereocenters. The maximum Gasteiger partial charge on any atom is 0.308 e. The molecule has 7 nitrogen and oxygen atoms in total.